The summed E-state index contributed by atoms with van der Waals surface area (Å²) in [5, 5.41) is 14.5. The molecule has 2 heterocycles. The van der Waals surface area contributed by atoms with E-state index in [1.165, 1.54) is 23.3 Å². The predicted molar refractivity (Wildman–Crippen MR) is 145 cm³/mol. The predicted octanol–water partition coefficient (Wildman–Crippen LogP) is 6.76. The molecule has 3 aliphatic carbocycles. The largest absolute Gasteiger partial charge is 0.477 e. The fourth-order valence-electron chi connectivity index (χ4n) is 6.12. The lowest BCUT2D eigenvalue weighted by atomic mass is 9.81. The van der Waals surface area contributed by atoms with E-state index in [0.717, 1.165) is 75.5 Å². The van der Waals surface area contributed by atoms with Gasteiger partial charge in [-0.25, -0.2) is 14.5 Å². The number of halogens is 1. The molecule has 0 atom stereocenters. The van der Waals surface area contributed by atoms with Crippen molar-refractivity contribution in [2.24, 2.45) is 11.8 Å². The van der Waals surface area contributed by atoms with Crippen molar-refractivity contribution in [2.75, 3.05) is 4.90 Å². The highest BCUT2D eigenvalue weighted by molar-refractivity contribution is 7.15. The first-order chi connectivity index (χ1) is 17.0. The van der Waals surface area contributed by atoms with Crippen LogP contribution in [0.3, 0.4) is 0 Å². The highest BCUT2D eigenvalue weighted by atomic mass is 35.5. The smallest absolute Gasteiger partial charge is 0.348 e. The molecule has 2 aromatic heterocycles. The maximum atomic E-state index is 14.1. The first-order valence-electron chi connectivity index (χ1n) is 13.2. The molecule has 2 saturated carbocycles. The molecule has 196 valence electrons. The maximum absolute atomic E-state index is 14.1. The average molecular weight is 533 g/mol. The second-order valence-electron chi connectivity index (χ2n) is 10.6. The standard InChI is InChI=1S/C27H36N4O3S.ClH/c1-18-7-9-20(10-8-18)26(32)31(22-13-11-21(12-14-22)30-17-28-16-29-30)23-15-24(35-25(23)27(33)34)19-5-3-2-4-6-19;/h5,15-18,20-22H,2-4,6-14H2,1H3,(H,33,34);1H. The van der Waals surface area contributed by atoms with Crippen LogP contribution in [0.2, 0.25) is 0 Å². The first kappa shape index (κ1) is 26.9. The number of carbonyl (C=O) groups is 2. The third-order valence-corrected chi connectivity index (χ3v) is 9.41. The van der Waals surface area contributed by atoms with Gasteiger partial charge in [-0.15, -0.1) is 23.7 Å². The third-order valence-electron chi connectivity index (χ3n) is 8.22. The van der Waals surface area contributed by atoms with Crippen LogP contribution in [-0.4, -0.2) is 37.8 Å². The lowest BCUT2D eigenvalue weighted by molar-refractivity contribution is -0.124. The molecular formula is C27H37ClN4O3S. The van der Waals surface area contributed by atoms with Crippen LogP contribution in [0.15, 0.2) is 24.8 Å². The van der Waals surface area contributed by atoms with Crippen molar-refractivity contribution in [1.82, 2.24) is 14.8 Å². The van der Waals surface area contributed by atoms with Crippen LogP contribution in [0.25, 0.3) is 5.57 Å². The number of thiophene rings is 1. The van der Waals surface area contributed by atoms with Crippen LogP contribution in [-0.2, 0) is 4.79 Å². The minimum atomic E-state index is -0.931. The summed E-state index contributed by atoms with van der Waals surface area (Å²) in [7, 11) is 0. The zero-order chi connectivity index (χ0) is 24.4. The Kier molecular flexibility index (Phi) is 8.88. The van der Waals surface area contributed by atoms with E-state index in [1.807, 2.05) is 15.6 Å². The summed E-state index contributed by atoms with van der Waals surface area (Å²) < 4.78 is 1.92. The molecule has 0 radical (unpaired) electrons. The summed E-state index contributed by atoms with van der Waals surface area (Å²) in [4.78, 5) is 33.8. The van der Waals surface area contributed by atoms with Gasteiger partial charge in [-0.3, -0.25) is 4.79 Å². The van der Waals surface area contributed by atoms with Crippen LogP contribution in [0.4, 0.5) is 5.69 Å². The molecule has 0 unspecified atom stereocenters. The zero-order valence-electron chi connectivity index (χ0n) is 21.0. The second-order valence-corrected chi connectivity index (χ2v) is 11.7. The van der Waals surface area contributed by atoms with Crippen molar-refractivity contribution < 1.29 is 14.7 Å². The van der Waals surface area contributed by atoms with E-state index in [-0.39, 0.29) is 36.3 Å². The number of hydrogen-bond donors (Lipinski definition) is 1. The second kappa shape index (κ2) is 11.9. The van der Waals surface area contributed by atoms with Crippen molar-refractivity contribution in [2.45, 2.75) is 96.1 Å². The van der Waals surface area contributed by atoms with Gasteiger partial charge in [-0.05, 0) is 94.6 Å². The summed E-state index contributed by atoms with van der Waals surface area (Å²) in [6.07, 6.45) is 17.4. The van der Waals surface area contributed by atoms with E-state index in [0.29, 0.717) is 16.5 Å². The number of allylic oxidation sites excluding steroid dienone is 2. The fraction of sp³-hybridized carbons (Fsp3) is 0.630. The van der Waals surface area contributed by atoms with Gasteiger partial charge in [0.2, 0.25) is 5.91 Å². The SMILES string of the molecule is CC1CCC(C(=O)N(c2cc(C3=CCCCC3)sc2C(=O)O)C2CCC(n3cncn3)CC2)CC1.Cl. The Bertz CT molecular complexity index is 1070. The number of aromatic carboxylic acids is 1. The molecular weight excluding hydrogens is 496 g/mol. The Morgan fingerprint density at radius 3 is 2.44 bits per heavy atom. The molecule has 5 rings (SSSR count). The van der Waals surface area contributed by atoms with E-state index in [4.69, 9.17) is 0 Å². The molecule has 9 heteroatoms. The van der Waals surface area contributed by atoms with Crippen molar-refractivity contribution in [3.8, 4) is 0 Å². The summed E-state index contributed by atoms with van der Waals surface area (Å²) >= 11 is 1.35. The first-order valence-corrected chi connectivity index (χ1v) is 14.1. The molecule has 36 heavy (non-hydrogen) atoms. The molecule has 7 nitrogen and oxygen atoms in total. The number of aromatic nitrogens is 3. The van der Waals surface area contributed by atoms with Gasteiger partial charge in [0.15, 0.2) is 0 Å². The van der Waals surface area contributed by atoms with Gasteiger partial charge in [0.25, 0.3) is 0 Å². The highest BCUT2D eigenvalue weighted by Gasteiger charge is 2.38. The van der Waals surface area contributed by atoms with Gasteiger partial charge in [-0.2, -0.15) is 5.10 Å². The number of nitrogens with zero attached hydrogens (tertiary/aromatic N) is 4. The van der Waals surface area contributed by atoms with Gasteiger partial charge in [0.05, 0.1) is 11.7 Å². The molecule has 2 aromatic rings. The minimum Gasteiger partial charge on any atom is -0.477 e. The Hall–Kier alpha value is -2.19. The Morgan fingerprint density at radius 1 is 1.08 bits per heavy atom. The van der Waals surface area contributed by atoms with Crippen molar-refractivity contribution in [3.05, 3.63) is 34.6 Å². The lowest BCUT2D eigenvalue weighted by Crippen LogP contribution is -2.46. The zero-order valence-corrected chi connectivity index (χ0v) is 22.6. The van der Waals surface area contributed by atoms with Gasteiger partial charge >= 0.3 is 5.97 Å². The molecule has 0 aliphatic heterocycles. The van der Waals surface area contributed by atoms with Crippen LogP contribution in [0.1, 0.15) is 105 Å². The van der Waals surface area contributed by atoms with Gasteiger partial charge < -0.3 is 10.0 Å². The minimum absolute atomic E-state index is 0. The number of carboxylic acid groups (broad SMARTS) is 1. The average Bonchev–Trinajstić information content (AvgIpc) is 3.57. The van der Waals surface area contributed by atoms with Crippen LogP contribution in [0, 0.1) is 11.8 Å². The summed E-state index contributed by atoms with van der Waals surface area (Å²) in [5.41, 5.74) is 1.86. The molecule has 2 fully saturated rings. The number of anilines is 1. The molecule has 0 bridgehead atoms. The number of carbonyl (C=O) groups excluding carboxylic acids is 1. The van der Waals surface area contributed by atoms with Gasteiger partial charge in [0, 0.05) is 16.8 Å². The van der Waals surface area contributed by atoms with E-state index in [9.17, 15) is 14.7 Å². The number of rotatable bonds is 6. The lowest BCUT2D eigenvalue weighted by Gasteiger charge is -2.39. The van der Waals surface area contributed by atoms with Gasteiger partial charge in [0.1, 0.15) is 17.5 Å². The van der Waals surface area contributed by atoms with E-state index >= 15 is 0 Å². The van der Waals surface area contributed by atoms with Crippen molar-refractivity contribution >= 4 is 46.9 Å². The van der Waals surface area contributed by atoms with E-state index in [1.54, 1.807) is 12.7 Å². The topological polar surface area (TPSA) is 88.3 Å². The summed E-state index contributed by atoms with van der Waals surface area (Å²) in [5.74, 6) is -0.158. The summed E-state index contributed by atoms with van der Waals surface area (Å²) in [6, 6.07) is 2.31. The van der Waals surface area contributed by atoms with Crippen molar-refractivity contribution in [1.29, 1.82) is 0 Å². The molecule has 0 saturated heterocycles. The van der Waals surface area contributed by atoms with Crippen LogP contribution >= 0.6 is 23.7 Å². The number of hydrogen-bond acceptors (Lipinski definition) is 5. The molecule has 1 N–H and O–H groups in total. The van der Waals surface area contributed by atoms with E-state index in [2.05, 4.69) is 23.1 Å². The van der Waals surface area contributed by atoms with Crippen molar-refractivity contribution in [3.63, 3.8) is 0 Å². The molecule has 1 amide bonds. The molecule has 3 aliphatic rings. The monoisotopic (exact) mass is 532 g/mol. The number of amides is 1. The molecule has 0 aromatic carbocycles. The van der Waals surface area contributed by atoms with Crippen LogP contribution in [0.5, 0.6) is 0 Å². The third kappa shape index (κ3) is 5.70. The van der Waals surface area contributed by atoms with Crippen LogP contribution < -0.4 is 4.90 Å². The van der Waals surface area contributed by atoms with Gasteiger partial charge in [-0.1, -0.05) is 13.0 Å². The Balaban J connectivity index is 0.00000304. The molecule has 0 spiro atoms. The Morgan fingerprint density at radius 2 is 1.83 bits per heavy atom. The quantitative estimate of drug-likeness (QED) is 0.444. The highest BCUT2D eigenvalue weighted by Crippen LogP contribution is 2.42. The normalized spacial score (nSPS) is 26.5. The fourth-order valence-corrected chi connectivity index (χ4v) is 7.18. The van der Waals surface area contributed by atoms with E-state index < -0.39 is 5.97 Å². The maximum Gasteiger partial charge on any atom is 0.348 e. The summed E-state index contributed by atoms with van der Waals surface area (Å²) in [6.45, 7) is 2.26. The number of carboxylic acids is 1. The Labute approximate surface area is 223 Å².